The maximum Gasteiger partial charge on any atom is 0.228 e. The van der Waals surface area contributed by atoms with Crippen LogP contribution in [0.25, 0.3) is 0 Å². The molecule has 0 aromatic carbocycles. The van der Waals surface area contributed by atoms with Crippen LogP contribution >= 0.6 is 0 Å². The third-order valence-electron chi connectivity index (χ3n) is 4.14. The van der Waals surface area contributed by atoms with Gasteiger partial charge in [-0.2, -0.15) is 0 Å². The summed E-state index contributed by atoms with van der Waals surface area (Å²) in [4.78, 5) is 14.2. The van der Waals surface area contributed by atoms with Gasteiger partial charge in [-0.25, -0.2) is 0 Å². The Balaban J connectivity index is 2.05. The number of likely N-dealkylation sites (tertiary alicyclic amines) is 1. The molecule has 1 aliphatic carbocycles. The predicted octanol–water partition coefficient (Wildman–Crippen LogP) is 1.55. The molecule has 0 aromatic heterocycles. The molecule has 1 saturated carbocycles. The molecule has 0 bridgehead atoms. The van der Waals surface area contributed by atoms with Crippen LogP contribution in [0, 0.1) is 5.41 Å². The summed E-state index contributed by atoms with van der Waals surface area (Å²) >= 11 is 0. The van der Waals surface area contributed by atoms with Crippen LogP contribution in [0.1, 0.15) is 45.4 Å². The highest BCUT2D eigenvalue weighted by Gasteiger charge is 2.43. The van der Waals surface area contributed by atoms with Gasteiger partial charge < -0.3 is 10.0 Å². The molecule has 2 rings (SSSR count). The van der Waals surface area contributed by atoms with E-state index in [0.717, 1.165) is 32.2 Å². The van der Waals surface area contributed by atoms with Gasteiger partial charge in [0.1, 0.15) is 0 Å². The molecule has 2 fully saturated rings. The number of carbonyl (C=O) groups is 1. The molecule has 0 aromatic rings. The number of amides is 1. The van der Waals surface area contributed by atoms with Gasteiger partial charge in [0.15, 0.2) is 0 Å². The van der Waals surface area contributed by atoms with E-state index in [4.69, 9.17) is 0 Å². The first-order valence-electron chi connectivity index (χ1n) is 6.15. The van der Waals surface area contributed by atoms with Gasteiger partial charge in [0.05, 0.1) is 6.10 Å². The molecule has 2 aliphatic rings. The molecule has 0 unspecified atom stereocenters. The Hall–Kier alpha value is -0.570. The standard InChI is InChI=1S/C12H21NO2/c1-2-12(6-3-4-7-12)11(15)13-8-5-10(14)9-13/h10,14H,2-9H2,1H3/t10-/m0/s1. The van der Waals surface area contributed by atoms with Crippen molar-refractivity contribution in [3.63, 3.8) is 0 Å². The largest absolute Gasteiger partial charge is 0.391 e. The van der Waals surface area contributed by atoms with Crippen molar-refractivity contribution in [3.05, 3.63) is 0 Å². The molecule has 1 aliphatic heterocycles. The summed E-state index contributed by atoms with van der Waals surface area (Å²) in [7, 11) is 0. The van der Waals surface area contributed by atoms with Crippen LogP contribution in [0.2, 0.25) is 0 Å². The van der Waals surface area contributed by atoms with E-state index >= 15 is 0 Å². The number of hydrogen-bond acceptors (Lipinski definition) is 2. The van der Waals surface area contributed by atoms with Crippen molar-refractivity contribution >= 4 is 5.91 Å². The smallest absolute Gasteiger partial charge is 0.228 e. The number of β-amino-alcohol motifs (C(OH)–C–C–N with tert-alkyl or cyclic N) is 1. The fourth-order valence-corrected chi connectivity index (χ4v) is 3.03. The fourth-order valence-electron chi connectivity index (χ4n) is 3.03. The lowest BCUT2D eigenvalue weighted by molar-refractivity contribution is -0.141. The van der Waals surface area contributed by atoms with Crippen molar-refractivity contribution in [2.45, 2.75) is 51.6 Å². The second-order valence-electron chi connectivity index (χ2n) is 5.03. The number of aliphatic hydroxyl groups is 1. The van der Waals surface area contributed by atoms with E-state index in [1.54, 1.807) is 0 Å². The molecule has 1 heterocycles. The van der Waals surface area contributed by atoms with Crippen LogP contribution < -0.4 is 0 Å². The number of rotatable bonds is 2. The SMILES string of the molecule is CCC1(C(=O)N2CC[C@H](O)C2)CCCC1. The Morgan fingerprint density at radius 3 is 2.60 bits per heavy atom. The second-order valence-corrected chi connectivity index (χ2v) is 5.03. The molecule has 0 radical (unpaired) electrons. The van der Waals surface area contributed by atoms with Gasteiger partial charge in [-0.1, -0.05) is 19.8 Å². The molecule has 1 saturated heterocycles. The Morgan fingerprint density at radius 2 is 2.13 bits per heavy atom. The monoisotopic (exact) mass is 211 g/mol. The van der Waals surface area contributed by atoms with Crippen molar-refractivity contribution in [1.82, 2.24) is 4.90 Å². The number of nitrogens with zero attached hydrogens (tertiary/aromatic N) is 1. The van der Waals surface area contributed by atoms with Crippen molar-refractivity contribution in [3.8, 4) is 0 Å². The van der Waals surface area contributed by atoms with E-state index in [-0.39, 0.29) is 11.5 Å². The predicted molar refractivity (Wildman–Crippen MR) is 58.4 cm³/mol. The first-order valence-corrected chi connectivity index (χ1v) is 6.15. The molecule has 3 heteroatoms. The highest BCUT2D eigenvalue weighted by molar-refractivity contribution is 5.83. The average molecular weight is 211 g/mol. The Labute approximate surface area is 91.5 Å². The summed E-state index contributed by atoms with van der Waals surface area (Å²) in [6.45, 7) is 3.43. The van der Waals surface area contributed by atoms with Crippen LogP contribution in [0.3, 0.4) is 0 Å². The highest BCUT2D eigenvalue weighted by Crippen LogP contribution is 2.42. The number of carbonyl (C=O) groups excluding carboxylic acids is 1. The van der Waals surface area contributed by atoms with Gasteiger partial charge in [-0.15, -0.1) is 0 Å². The van der Waals surface area contributed by atoms with E-state index in [1.807, 2.05) is 4.90 Å². The minimum absolute atomic E-state index is 0.0793. The highest BCUT2D eigenvalue weighted by atomic mass is 16.3. The quantitative estimate of drug-likeness (QED) is 0.753. The van der Waals surface area contributed by atoms with Gasteiger partial charge in [-0.05, 0) is 25.7 Å². The van der Waals surface area contributed by atoms with Crippen LogP contribution in [0.15, 0.2) is 0 Å². The molecule has 0 spiro atoms. The topological polar surface area (TPSA) is 40.5 Å². The summed E-state index contributed by atoms with van der Waals surface area (Å²) in [6, 6.07) is 0. The fraction of sp³-hybridized carbons (Fsp3) is 0.917. The van der Waals surface area contributed by atoms with E-state index in [0.29, 0.717) is 12.5 Å². The first kappa shape index (κ1) is 10.9. The lowest BCUT2D eigenvalue weighted by Crippen LogP contribution is -2.41. The van der Waals surface area contributed by atoms with Crippen molar-refractivity contribution in [2.24, 2.45) is 5.41 Å². The molecular weight excluding hydrogens is 190 g/mol. The summed E-state index contributed by atoms with van der Waals surface area (Å²) in [5.41, 5.74) is -0.0793. The molecular formula is C12H21NO2. The summed E-state index contributed by atoms with van der Waals surface area (Å²) in [5.74, 6) is 0.305. The summed E-state index contributed by atoms with van der Waals surface area (Å²) in [5, 5.41) is 9.45. The molecule has 1 amide bonds. The van der Waals surface area contributed by atoms with Gasteiger partial charge in [-0.3, -0.25) is 4.79 Å². The van der Waals surface area contributed by atoms with Gasteiger partial charge in [0.2, 0.25) is 5.91 Å². The van der Waals surface area contributed by atoms with E-state index in [1.165, 1.54) is 12.8 Å². The second kappa shape index (κ2) is 4.12. The van der Waals surface area contributed by atoms with E-state index in [9.17, 15) is 9.90 Å². The van der Waals surface area contributed by atoms with Crippen LogP contribution in [-0.2, 0) is 4.79 Å². The zero-order chi connectivity index (χ0) is 10.9. The van der Waals surface area contributed by atoms with Crippen LogP contribution in [0.4, 0.5) is 0 Å². The zero-order valence-electron chi connectivity index (χ0n) is 9.54. The molecule has 86 valence electrons. The van der Waals surface area contributed by atoms with Crippen LogP contribution in [-0.4, -0.2) is 35.1 Å². The van der Waals surface area contributed by atoms with Crippen molar-refractivity contribution in [2.75, 3.05) is 13.1 Å². The molecule has 1 N–H and O–H groups in total. The van der Waals surface area contributed by atoms with Crippen molar-refractivity contribution in [1.29, 1.82) is 0 Å². The van der Waals surface area contributed by atoms with Crippen molar-refractivity contribution < 1.29 is 9.90 Å². The zero-order valence-corrected chi connectivity index (χ0v) is 9.54. The van der Waals surface area contributed by atoms with Gasteiger partial charge >= 0.3 is 0 Å². The molecule has 1 atom stereocenters. The molecule has 3 nitrogen and oxygen atoms in total. The lowest BCUT2D eigenvalue weighted by atomic mass is 9.82. The average Bonchev–Trinajstić information content (AvgIpc) is 2.86. The number of aliphatic hydroxyl groups excluding tert-OH is 1. The first-order chi connectivity index (χ1) is 7.18. The van der Waals surface area contributed by atoms with Gasteiger partial charge in [0, 0.05) is 18.5 Å². The normalized spacial score (nSPS) is 29.7. The summed E-state index contributed by atoms with van der Waals surface area (Å²) < 4.78 is 0. The number of hydrogen-bond donors (Lipinski definition) is 1. The maximum absolute atomic E-state index is 12.4. The maximum atomic E-state index is 12.4. The van der Waals surface area contributed by atoms with E-state index < -0.39 is 0 Å². The third-order valence-corrected chi connectivity index (χ3v) is 4.14. The van der Waals surface area contributed by atoms with Gasteiger partial charge in [0.25, 0.3) is 0 Å². The van der Waals surface area contributed by atoms with E-state index in [2.05, 4.69) is 6.92 Å². The third kappa shape index (κ3) is 1.89. The Morgan fingerprint density at radius 1 is 1.47 bits per heavy atom. The molecule has 15 heavy (non-hydrogen) atoms. The van der Waals surface area contributed by atoms with Crippen LogP contribution in [0.5, 0.6) is 0 Å². The lowest BCUT2D eigenvalue weighted by Gasteiger charge is -2.31. The minimum atomic E-state index is -0.288. The Bertz CT molecular complexity index is 246. The Kier molecular flexibility index (Phi) is 3.01. The summed E-state index contributed by atoms with van der Waals surface area (Å²) in [6.07, 6.45) is 5.91. The minimum Gasteiger partial charge on any atom is -0.391 e.